The number of ketones is 2. The van der Waals surface area contributed by atoms with Crippen molar-refractivity contribution in [1.82, 2.24) is 29.4 Å². The van der Waals surface area contributed by atoms with Crippen molar-refractivity contribution < 1.29 is 89.1 Å². The highest BCUT2D eigenvalue weighted by Crippen LogP contribution is 2.36. The van der Waals surface area contributed by atoms with Gasteiger partial charge in [0, 0.05) is 80.3 Å². The van der Waals surface area contributed by atoms with Gasteiger partial charge in [-0.1, -0.05) is 68.2 Å². The zero-order valence-electron chi connectivity index (χ0n) is 60.1. The molecule has 0 aliphatic carbocycles. The number of ether oxygens (including phenoxy) is 5. The van der Waals surface area contributed by atoms with Crippen LogP contribution in [-0.4, -0.2) is 225 Å². The Kier molecular flexibility index (Phi) is 33.2. The van der Waals surface area contributed by atoms with Crippen molar-refractivity contribution in [3.8, 4) is 5.75 Å². The summed E-state index contributed by atoms with van der Waals surface area (Å²) in [6, 6.07) is -2.00. The largest absolute Gasteiger partial charge is 0.481 e. The average Bonchev–Trinajstić information content (AvgIpc) is 1.86. The van der Waals surface area contributed by atoms with Crippen molar-refractivity contribution in [1.29, 1.82) is 0 Å². The van der Waals surface area contributed by atoms with Crippen LogP contribution in [0.3, 0.4) is 0 Å². The van der Waals surface area contributed by atoms with Gasteiger partial charge in [0.2, 0.25) is 58.5 Å². The van der Waals surface area contributed by atoms with E-state index in [1.165, 1.54) is 33.2 Å². The van der Waals surface area contributed by atoms with E-state index in [9.17, 15) is 65.4 Å². The van der Waals surface area contributed by atoms with Gasteiger partial charge in [0.05, 0.1) is 84.3 Å². The van der Waals surface area contributed by atoms with Gasteiger partial charge in [0.25, 0.3) is 0 Å². The summed E-state index contributed by atoms with van der Waals surface area (Å²) in [5.41, 5.74) is -1.48. The maximum Gasteiger partial charge on any atom is 0.316 e. The number of nitrogens with zero attached hydrogens (tertiary/aromatic N) is 6. The van der Waals surface area contributed by atoms with E-state index in [1.54, 1.807) is 42.8 Å². The number of Topliss-reactive ketones (excluding diaryl/α,β-unsaturated/α-hetero) is 2. The lowest BCUT2D eigenvalue weighted by molar-refractivity contribution is -0.152. The SMILES string of the molecule is CC[C@H](C)[C@@H]([C@@H](CC(=O)N1CCC[C@H]1[C@H](OC)[C@@H](C)C(=O)O)OC)N(C)C(=O)[C@@H](CC(=O)C(C)(C)N(C)C)C(C)C.CC[C@H](C)[C@@H]([C@@H](CC(=O)N1CCC[C@H]1[C@H](OC)[C@@H](C)C(=O)Oc1c(F)c(F)c(F)c(F)c1F)OC)N(C)C(=O)[C@@H](CC(=O)C(C)(C)N(C)C)C(C)C. The van der Waals surface area contributed by atoms with Gasteiger partial charge in [-0.05, 0) is 119 Å². The number of likely N-dealkylation sites (N-methyl/N-ethyl adjacent to an activating group) is 4. The zero-order chi connectivity index (χ0) is 71.8. The lowest BCUT2D eigenvalue weighted by Crippen LogP contribution is -2.54. The van der Waals surface area contributed by atoms with Crippen LogP contribution in [0.1, 0.15) is 161 Å². The molecule has 4 amide bonds. The molecule has 2 saturated heterocycles. The number of carbonyl (C=O) groups is 8. The lowest BCUT2D eigenvalue weighted by Gasteiger charge is -2.41. The van der Waals surface area contributed by atoms with Gasteiger partial charge in [-0.15, -0.1) is 0 Å². The third-order valence-electron chi connectivity index (χ3n) is 20.5. The second-order valence-electron chi connectivity index (χ2n) is 27.7. The zero-order valence-corrected chi connectivity index (χ0v) is 60.1. The Morgan fingerprint density at radius 3 is 1.12 bits per heavy atom. The third-order valence-corrected chi connectivity index (χ3v) is 20.5. The number of hydrogen-bond donors (Lipinski definition) is 1. The van der Waals surface area contributed by atoms with E-state index in [2.05, 4.69) is 4.74 Å². The number of halogens is 5. The van der Waals surface area contributed by atoms with Crippen LogP contribution in [0.4, 0.5) is 22.0 Å². The minimum Gasteiger partial charge on any atom is -0.481 e. The Labute approximate surface area is 550 Å². The highest BCUT2D eigenvalue weighted by Gasteiger charge is 2.47. The molecule has 93 heavy (non-hydrogen) atoms. The molecule has 1 N–H and O–H groups in total. The molecule has 20 nitrogen and oxygen atoms in total. The summed E-state index contributed by atoms with van der Waals surface area (Å²) in [7, 11) is 16.5. The number of rotatable bonds is 35. The first-order valence-corrected chi connectivity index (χ1v) is 32.7. The third kappa shape index (κ3) is 20.4. The molecule has 2 aliphatic heterocycles. The molecule has 2 aliphatic rings. The summed E-state index contributed by atoms with van der Waals surface area (Å²) in [5.74, 6) is -20.0. The van der Waals surface area contributed by atoms with Crippen LogP contribution in [0.5, 0.6) is 5.75 Å². The number of carboxylic acids is 1. The molecule has 3 rings (SSSR count). The molecular formula is C68H113F5N6O14. The van der Waals surface area contributed by atoms with Gasteiger partial charge in [-0.3, -0.25) is 48.2 Å². The summed E-state index contributed by atoms with van der Waals surface area (Å²) in [6.45, 7) is 26.8. The second-order valence-corrected chi connectivity index (χ2v) is 27.7. The molecule has 0 radical (unpaired) electrons. The van der Waals surface area contributed by atoms with E-state index in [1.807, 2.05) is 121 Å². The Morgan fingerprint density at radius 1 is 0.516 bits per heavy atom. The second kappa shape index (κ2) is 36.8. The molecule has 0 unspecified atom stereocenters. The average molecular weight is 1330 g/mol. The minimum atomic E-state index is -2.39. The number of amides is 4. The van der Waals surface area contributed by atoms with Crippen LogP contribution in [0.25, 0.3) is 0 Å². The van der Waals surface area contributed by atoms with E-state index in [-0.39, 0.29) is 97.1 Å². The van der Waals surface area contributed by atoms with Gasteiger partial charge < -0.3 is 48.4 Å². The highest BCUT2D eigenvalue weighted by atomic mass is 19.2. The summed E-state index contributed by atoms with van der Waals surface area (Å²) >= 11 is 0. The smallest absolute Gasteiger partial charge is 0.316 e. The normalized spacial score (nSPS) is 19.4. The standard InChI is InChI=1S/C37H56F5N3O7.C31H57N3O7/c1-13-20(4)32(44(10)35(48)22(19(2)3)17-25(46)37(6,7)43(8)9)24(50-11)18-26(47)45-16-14-15-23(45)33(51-12)21(5)36(49)52-34-30(41)28(39)27(38)29(40)31(34)42;1-13-20(4)27(33(10)29(37)22(19(2)3)17-25(35)31(6,7)32(8)9)24(40-11)18-26(36)34-16-14-15-23(34)28(41-12)21(5)30(38)39/h19-24,32-33H,13-18H2,1-12H3;19-24,27-28H,13-18H2,1-12H3,(H,38,39)/t20-,21+,22-,23-,24+,32-,33+;20-,21+,22-,23-,24+,27-,28+/m00/s1. The van der Waals surface area contributed by atoms with Crippen LogP contribution in [0.2, 0.25) is 0 Å². The summed E-state index contributed by atoms with van der Waals surface area (Å²) in [6.07, 6.45) is 0.771. The number of methoxy groups -OCH3 is 4. The van der Waals surface area contributed by atoms with Crippen LogP contribution in [0.15, 0.2) is 0 Å². The van der Waals surface area contributed by atoms with Crippen LogP contribution < -0.4 is 4.74 Å². The van der Waals surface area contributed by atoms with Crippen LogP contribution in [-0.2, 0) is 57.3 Å². The van der Waals surface area contributed by atoms with Crippen molar-refractivity contribution in [3.05, 3.63) is 29.1 Å². The lowest BCUT2D eigenvalue weighted by atomic mass is 9.82. The van der Waals surface area contributed by atoms with E-state index in [0.29, 0.717) is 32.2 Å². The summed E-state index contributed by atoms with van der Waals surface area (Å²) < 4.78 is 97.2. The minimum absolute atomic E-state index is 0.00451. The fourth-order valence-electron chi connectivity index (χ4n) is 12.6. The molecule has 0 bridgehead atoms. The Balaban J connectivity index is 0.000000652. The Bertz CT molecular complexity index is 2650. The number of hydrogen-bond acceptors (Lipinski definition) is 15. The number of esters is 1. The first-order chi connectivity index (χ1) is 43.1. The quantitative estimate of drug-likeness (QED) is 0.0220. The van der Waals surface area contributed by atoms with E-state index in [4.69, 9.17) is 18.9 Å². The first kappa shape index (κ1) is 83.9. The number of benzene rings is 1. The van der Waals surface area contributed by atoms with Crippen LogP contribution in [0, 0.1) is 76.4 Å². The number of carbonyl (C=O) groups excluding carboxylic acids is 7. The highest BCUT2D eigenvalue weighted by molar-refractivity contribution is 5.93. The fourth-order valence-corrected chi connectivity index (χ4v) is 12.6. The van der Waals surface area contributed by atoms with Gasteiger partial charge >= 0.3 is 11.9 Å². The van der Waals surface area contributed by atoms with Crippen molar-refractivity contribution in [2.24, 2.45) is 47.3 Å². The number of aliphatic carboxylic acids is 1. The van der Waals surface area contributed by atoms with Gasteiger partial charge in [-0.2, -0.15) is 8.78 Å². The molecule has 1 aromatic rings. The predicted octanol–water partition coefficient (Wildman–Crippen LogP) is 9.34. The molecule has 2 heterocycles. The molecule has 2 fully saturated rings. The van der Waals surface area contributed by atoms with Gasteiger partial charge in [-0.25, -0.2) is 13.2 Å². The molecule has 0 saturated carbocycles. The van der Waals surface area contributed by atoms with Crippen LogP contribution >= 0.6 is 0 Å². The molecule has 25 heteroatoms. The maximum atomic E-state index is 14.3. The Hall–Kier alpha value is -5.21. The van der Waals surface area contributed by atoms with E-state index < -0.39 is 124 Å². The molecule has 0 aromatic heterocycles. The van der Waals surface area contributed by atoms with Gasteiger partial charge in [0.15, 0.2) is 11.6 Å². The summed E-state index contributed by atoms with van der Waals surface area (Å²) in [5, 5.41) is 9.57. The maximum absolute atomic E-state index is 14.3. The predicted molar refractivity (Wildman–Crippen MR) is 343 cm³/mol. The van der Waals surface area contributed by atoms with E-state index >= 15 is 0 Å². The first-order valence-electron chi connectivity index (χ1n) is 32.7. The molecule has 1 aromatic carbocycles. The van der Waals surface area contributed by atoms with E-state index in [0.717, 1.165) is 12.8 Å². The molecule has 534 valence electrons. The van der Waals surface area contributed by atoms with Crippen molar-refractivity contribution in [2.45, 2.75) is 221 Å². The molecular weight excluding hydrogens is 1220 g/mol. The van der Waals surface area contributed by atoms with Crippen molar-refractivity contribution in [3.63, 3.8) is 0 Å². The molecule has 14 atom stereocenters. The van der Waals surface area contributed by atoms with Crippen molar-refractivity contribution >= 4 is 47.1 Å². The Morgan fingerprint density at radius 2 is 0.839 bits per heavy atom. The topological polar surface area (TPSA) is 222 Å². The monoisotopic (exact) mass is 1330 g/mol. The molecule has 0 spiro atoms. The van der Waals surface area contributed by atoms with Crippen molar-refractivity contribution in [2.75, 3.05) is 83.8 Å². The number of carboxylic acid groups (broad SMARTS) is 1. The fraction of sp³-hybridized carbons (Fsp3) is 0.794. The number of likely N-dealkylation sites (tertiary alicyclic amines) is 2. The summed E-state index contributed by atoms with van der Waals surface area (Å²) in [4.78, 5) is 117. The van der Waals surface area contributed by atoms with Gasteiger partial charge in [0.1, 0.15) is 0 Å².